The van der Waals surface area contributed by atoms with Crippen LogP contribution in [0.5, 0.6) is 5.75 Å². The van der Waals surface area contributed by atoms with Crippen LogP contribution in [0.15, 0.2) is 90.9 Å². The predicted molar refractivity (Wildman–Crippen MR) is 210 cm³/mol. The van der Waals surface area contributed by atoms with Gasteiger partial charge in [0.2, 0.25) is 11.8 Å². The van der Waals surface area contributed by atoms with Crippen molar-refractivity contribution in [2.75, 3.05) is 55.6 Å². The van der Waals surface area contributed by atoms with Crippen molar-refractivity contribution in [3.63, 3.8) is 0 Å². The number of anilines is 2. The first-order chi connectivity index (χ1) is 28.4. The molecule has 0 bridgehead atoms. The number of piperidine rings is 2. The van der Waals surface area contributed by atoms with Crippen LogP contribution in [0.25, 0.3) is 0 Å². The lowest BCUT2D eigenvalue weighted by Gasteiger charge is -2.40. The Labute approximate surface area is 324 Å². The molecule has 3 fully saturated rings. The summed E-state index contributed by atoms with van der Waals surface area (Å²) in [5, 5.41) is 12.7. The number of amides is 3. The van der Waals surface area contributed by atoms with Gasteiger partial charge in [-0.05, 0) is 114 Å². The molecule has 9 nitrogen and oxygen atoms in total. The van der Waals surface area contributed by atoms with E-state index in [0.29, 0.717) is 42.9 Å². The van der Waals surface area contributed by atoms with E-state index in [9.17, 15) is 19.5 Å². The van der Waals surface area contributed by atoms with Crippen LogP contribution in [0, 0.1) is 5.92 Å². The third-order valence-electron chi connectivity index (χ3n) is 12.5. The van der Waals surface area contributed by atoms with Gasteiger partial charge >= 0.3 is 0 Å². The lowest BCUT2D eigenvalue weighted by Crippen LogP contribution is -2.52. The Morgan fingerprint density at radius 1 is 0.722 bits per heavy atom. The van der Waals surface area contributed by atoms with Gasteiger partial charge in [0, 0.05) is 81.6 Å². The molecule has 4 aromatic carbocycles. The number of phenolic OH excluding ortho intramolecular Hbond substituents is 1. The van der Waals surface area contributed by atoms with Crippen molar-refractivity contribution in [2.24, 2.45) is 5.92 Å². The van der Waals surface area contributed by atoms with Gasteiger partial charge in [-0.1, -0.05) is 48.4 Å². The Morgan fingerprint density at radius 2 is 1.46 bits per heavy atom. The number of benzene rings is 4. The molecule has 2 N–H and O–H groups in total. The van der Waals surface area contributed by atoms with Gasteiger partial charge in [0.15, 0.2) is 0 Å². The highest BCUT2D eigenvalue weighted by molar-refractivity contribution is 6.05. The van der Waals surface area contributed by atoms with Crippen LogP contribution in [-0.4, -0.2) is 84.5 Å². The van der Waals surface area contributed by atoms with Crippen molar-refractivity contribution in [1.29, 1.82) is 0 Å². The number of carbonyl (C=O) groups is 3. The van der Waals surface area contributed by atoms with Crippen molar-refractivity contribution in [3.8, 4) is 5.75 Å². The normalized spacial score (nSPS) is 25.0. The van der Waals surface area contributed by atoms with E-state index in [1.54, 1.807) is 17.0 Å². The second-order valence-electron chi connectivity index (χ2n) is 15.6. The number of nitrogens with zero attached hydrogens (tertiary/aromatic N) is 4. The molecule has 278 valence electrons. The van der Waals surface area contributed by atoms with E-state index in [2.05, 4.69) is 50.3 Å². The van der Waals surface area contributed by atoms with Crippen LogP contribution >= 0.6 is 0 Å². The predicted octanol–water partition coefficient (Wildman–Crippen LogP) is 6.05. The van der Waals surface area contributed by atoms with Crippen LogP contribution in [0.4, 0.5) is 11.4 Å². The average Bonchev–Trinajstić information content (AvgIpc) is 3.57. The molecule has 4 aromatic rings. The zero-order chi connectivity index (χ0) is 41.1. The number of phenols is 1. The van der Waals surface area contributed by atoms with E-state index in [4.69, 9.17) is 6.85 Å². The number of carbonyl (C=O) groups excluding carboxylic acids is 3. The maximum Gasteiger partial charge on any atom is 0.255 e. The first-order valence-corrected chi connectivity index (χ1v) is 19.4. The summed E-state index contributed by atoms with van der Waals surface area (Å²) in [5.41, 5.74) is 7.23. The molecule has 0 saturated carbocycles. The van der Waals surface area contributed by atoms with Crippen molar-refractivity contribution in [1.82, 2.24) is 15.1 Å². The molecule has 0 spiro atoms. The summed E-state index contributed by atoms with van der Waals surface area (Å²) in [7, 11) is 0. The van der Waals surface area contributed by atoms with Crippen LogP contribution in [0.1, 0.15) is 89.0 Å². The van der Waals surface area contributed by atoms with E-state index in [-0.39, 0.29) is 66.0 Å². The third kappa shape index (κ3) is 6.74. The van der Waals surface area contributed by atoms with Crippen molar-refractivity contribution in [3.05, 3.63) is 124 Å². The standard InChI is InChI=1S/C45H49N5O4/c51-37-12-15-39-33(27-37)8-13-38(31-4-2-1-3-5-31)43(39)32-6-9-35(10-7-32)48-20-18-30(19-21-48)28-47-22-24-49(25-23-47)36-11-14-40-34(26-36)29-50(45(40)54)41-16-17-42(52)46-44(41)53/h1-7,9-12,14-15,26-27,30,38,41,43,51H,8,13,16-25,28-29H2,(H,46,52,53)/t38-,41-,43+/m0/s1/i1D,2D,3D,4D,5D. The molecule has 0 radical (unpaired) electrons. The number of aryl methyl sites for hydroxylation is 1. The molecule has 4 heterocycles. The zero-order valence-corrected chi connectivity index (χ0v) is 30.4. The summed E-state index contributed by atoms with van der Waals surface area (Å²) in [6.45, 7) is 7.10. The summed E-state index contributed by atoms with van der Waals surface area (Å²) >= 11 is 0. The van der Waals surface area contributed by atoms with E-state index in [0.717, 1.165) is 92.3 Å². The number of hydrogen-bond donors (Lipinski definition) is 2. The minimum absolute atomic E-state index is 0.144. The highest BCUT2D eigenvalue weighted by atomic mass is 16.3. The minimum Gasteiger partial charge on any atom is -0.508 e. The molecule has 0 unspecified atom stereocenters. The molecule has 3 amide bonds. The molecule has 1 aliphatic carbocycles. The number of fused-ring (bicyclic) bond motifs is 2. The second-order valence-corrected chi connectivity index (χ2v) is 15.6. The molecule has 3 saturated heterocycles. The van der Waals surface area contributed by atoms with Gasteiger partial charge in [0.25, 0.3) is 5.91 Å². The first-order valence-electron chi connectivity index (χ1n) is 21.9. The molecule has 9 rings (SSSR count). The second kappa shape index (κ2) is 14.6. The van der Waals surface area contributed by atoms with Gasteiger partial charge in [0.1, 0.15) is 11.8 Å². The Balaban J connectivity index is 0.810. The molecule has 4 aliphatic heterocycles. The SMILES string of the molecule is [2H]c1c([2H])c([2H])c([C@@H]2CCc3cc(O)ccc3[C@@H]2c2ccc(N3CCC(CN4CCN(c5ccc6c(c5)CN([C@H]5CCC(=O)NC5=O)C6=O)CC4)CC3)cc2)c([2H])c1[2H]. The molecule has 9 heteroatoms. The van der Waals surface area contributed by atoms with E-state index >= 15 is 0 Å². The van der Waals surface area contributed by atoms with Crippen molar-refractivity contribution < 1.29 is 26.3 Å². The minimum atomic E-state index is -0.612. The van der Waals surface area contributed by atoms with Gasteiger partial charge in [-0.2, -0.15) is 0 Å². The Bertz CT molecular complexity index is 2300. The first kappa shape index (κ1) is 29.2. The van der Waals surface area contributed by atoms with Gasteiger partial charge in [-0.25, -0.2) is 0 Å². The summed E-state index contributed by atoms with van der Waals surface area (Å²) in [6, 6.07) is 18.0. The fourth-order valence-electron chi connectivity index (χ4n) is 9.55. The average molecular weight is 729 g/mol. The third-order valence-corrected chi connectivity index (χ3v) is 12.5. The fraction of sp³-hybridized carbons (Fsp3) is 0.400. The summed E-state index contributed by atoms with van der Waals surface area (Å²) in [5.74, 6) is -0.573. The highest BCUT2D eigenvalue weighted by Gasteiger charge is 2.39. The van der Waals surface area contributed by atoms with E-state index in [1.165, 1.54) is 0 Å². The molecular weight excluding hydrogens is 675 g/mol. The Hall–Kier alpha value is -5.15. The topological polar surface area (TPSA) is 96.4 Å². The Morgan fingerprint density at radius 3 is 2.22 bits per heavy atom. The number of aromatic hydroxyl groups is 1. The number of piperazine rings is 1. The van der Waals surface area contributed by atoms with E-state index < -0.39 is 11.9 Å². The lowest BCUT2D eigenvalue weighted by molar-refractivity contribution is -0.136. The zero-order valence-electron chi connectivity index (χ0n) is 35.4. The highest BCUT2D eigenvalue weighted by Crippen LogP contribution is 2.47. The van der Waals surface area contributed by atoms with Crippen LogP contribution in [0.3, 0.4) is 0 Å². The molecule has 0 aromatic heterocycles. The fourth-order valence-corrected chi connectivity index (χ4v) is 9.55. The van der Waals surface area contributed by atoms with Gasteiger partial charge in [-0.15, -0.1) is 0 Å². The maximum absolute atomic E-state index is 13.2. The smallest absolute Gasteiger partial charge is 0.255 e. The number of nitrogens with one attached hydrogen (secondary N) is 1. The lowest BCUT2D eigenvalue weighted by atomic mass is 9.69. The summed E-state index contributed by atoms with van der Waals surface area (Å²) < 4.78 is 42.4. The van der Waals surface area contributed by atoms with Crippen LogP contribution < -0.4 is 15.1 Å². The molecule has 5 aliphatic rings. The van der Waals surface area contributed by atoms with Gasteiger partial charge in [-0.3, -0.25) is 24.6 Å². The van der Waals surface area contributed by atoms with Gasteiger partial charge < -0.3 is 19.8 Å². The molecule has 3 atom stereocenters. The van der Waals surface area contributed by atoms with Gasteiger partial charge in [0.05, 0.1) is 6.85 Å². The Kier molecular flexibility index (Phi) is 7.90. The number of imide groups is 1. The van der Waals surface area contributed by atoms with Crippen molar-refractivity contribution >= 4 is 29.1 Å². The van der Waals surface area contributed by atoms with Crippen molar-refractivity contribution in [2.45, 2.75) is 62.9 Å². The number of hydrogen-bond acceptors (Lipinski definition) is 7. The largest absolute Gasteiger partial charge is 0.508 e. The quantitative estimate of drug-likeness (QED) is 0.224. The summed E-state index contributed by atoms with van der Waals surface area (Å²) in [4.78, 5) is 46.3. The summed E-state index contributed by atoms with van der Waals surface area (Å²) in [6.07, 6.45) is 4.04. The van der Waals surface area contributed by atoms with E-state index in [1.807, 2.05) is 18.2 Å². The maximum atomic E-state index is 13.2. The molecular formula is C45H49N5O4. The van der Waals surface area contributed by atoms with Crippen LogP contribution in [-0.2, 0) is 22.6 Å². The monoisotopic (exact) mass is 728 g/mol. The van der Waals surface area contributed by atoms with Crippen LogP contribution in [0.2, 0.25) is 0 Å². The molecule has 54 heavy (non-hydrogen) atoms. The number of rotatable bonds is 7.